The van der Waals surface area contributed by atoms with Gasteiger partial charge in [0, 0.05) is 0 Å². The summed E-state index contributed by atoms with van der Waals surface area (Å²) < 4.78 is 21.6. The van der Waals surface area contributed by atoms with Crippen molar-refractivity contribution >= 4 is 7.60 Å². The van der Waals surface area contributed by atoms with Crippen LogP contribution in [0.4, 0.5) is 0 Å². The topological polar surface area (TPSA) is 35.5 Å². The molecule has 0 rings (SSSR count). The van der Waals surface area contributed by atoms with Gasteiger partial charge in [0.15, 0.2) is 0 Å². The maximum atomic E-state index is 11.6. The minimum absolute atomic E-state index is 0.186. The molecule has 0 heterocycles. The maximum Gasteiger partial charge on any atom is 0.342 e. The van der Waals surface area contributed by atoms with E-state index in [0.717, 1.165) is 0 Å². The molecule has 70 valence electrons. The molecule has 0 radical (unpaired) electrons. The fraction of sp³-hybridized carbons (Fsp3) is 0.750. The molecular weight excluding hydrogens is 175 g/mol. The minimum atomic E-state index is -2.91. The molecule has 0 aromatic heterocycles. The van der Waals surface area contributed by atoms with Crippen LogP contribution in [-0.2, 0) is 13.6 Å². The van der Waals surface area contributed by atoms with Crippen LogP contribution in [0.5, 0.6) is 0 Å². The summed E-state index contributed by atoms with van der Waals surface area (Å²) in [6.45, 7) is 6.05. The Bertz CT molecular complexity index is 204. The van der Waals surface area contributed by atoms with Crippen LogP contribution in [0.1, 0.15) is 20.8 Å². The van der Waals surface area contributed by atoms with Crippen LogP contribution in [0, 0.1) is 11.8 Å². The Hall–Kier alpha value is -0.290. The SMILES string of the molecule is CC#CCP(=O)(OCC)OCC. The predicted molar refractivity (Wildman–Crippen MR) is 49.2 cm³/mol. The van der Waals surface area contributed by atoms with Crippen molar-refractivity contribution < 1.29 is 13.6 Å². The smallest absolute Gasteiger partial charge is 0.308 e. The molecule has 0 unspecified atom stereocenters. The van der Waals surface area contributed by atoms with E-state index in [0.29, 0.717) is 13.2 Å². The molecule has 0 aromatic rings. The van der Waals surface area contributed by atoms with Gasteiger partial charge in [-0.05, 0) is 20.8 Å². The fourth-order valence-corrected chi connectivity index (χ4v) is 2.09. The molecule has 0 fully saturated rings. The van der Waals surface area contributed by atoms with Crippen LogP contribution in [-0.4, -0.2) is 19.4 Å². The van der Waals surface area contributed by atoms with Crippen molar-refractivity contribution in [2.45, 2.75) is 20.8 Å². The van der Waals surface area contributed by atoms with Gasteiger partial charge in [0.05, 0.1) is 13.2 Å². The summed E-state index contributed by atoms with van der Waals surface area (Å²) in [5, 5.41) is 0. The van der Waals surface area contributed by atoms with Gasteiger partial charge < -0.3 is 9.05 Å². The molecule has 0 aliphatic rings. The fourth-order valence-electron chi connectivity index (χ4n) is 0.698. The lowest BCUT2D eigenvalue weighted by molar-refractivity contribution is 0.223. The Labute approximate surface area is 74.0 Å². The zero-order chi connectivity index (χ0) is 9.45. The van der Waals surface area contributed by atoms with Gasteiger partial charge in [0.1, 0.15) is 6.16 Å². The van der Waals surface area contributed by atoms with Crippen LogP contribution < -0.4 is 0 Å². The lowest BCUT2D eigenvalue weighted by Gasteiger charge is -2.13. The summed E-state index contributed by atoms with van der Waals surface area (Å²) >= 11 is 0. The largest absolute Gasteiger partial charge is 0.342 e. The number of hydrogen-bond donors (Lipinski definition) is 0. The molecule has 12 heavy (non-hydrogen) atoms. The summed E-state index contributed by atoms with van der Waals surface area (Å²) in [4.78, 5) is 0. The van der Waals surface area contributed by atoms with Crippen molar-refractivity contribution in [1.82, 2.24) is 0 Å². The molecule has 0 bridgehead atoms. The first-order valence-electron chi connectivity index (χ1n) is 3.96. The molecule has 0 aliphatic heterocycles. The van der Waals surface area contributed by atoms with Gasteiger partial charge in [-0.1, -0.05) is 5.92 Å². The van der Waals surface area contributed by atoms with Crippen LogP contribution in [0.2, 0.25) is 0 Å². The second-order valence-corrected chi connectivity index (χ2v) is 4.09. The van der Waals surface area contributed by atoms with Gasteiger partial charge in [-0.3, -0.25) is 4.57 Å². The van der Waals surface area contributed by atoms with E-state index in [2.05, 4.69) is 11.8 Å². The van der Waals surface area contributed by atoms with E-state index in [-0.39, 0.29) is 6.16 Å². The predicted octanol–water partition coefficient (Wildman–Crippen LogP) is 2.28. The molecule has 0 spiro atoms. The van der Waals surface area contributed by atoms with Crippen molar-refractivity contribution in [3.8, 4) is 11.8 Å². The van der Waals surface area contributed by atoms with Crippen molar-refractivity contribution in [2.24, 2.45) is 0 Å². The second-order valence-electron chi connectivity index (χ2n) is 2.03. The summed E-state index contributed by atoms with van der Waals surface area (Å²) in [7, 11) is -2.91. The third-order valence-electron chi connectivity index (χ3n) is 1.10. The van der Waals surface area contributed by atoms with Crippen LogP contribution in [0.3, 0.4) is 0 Å². The molecule has 0 atom stereocenters. The highest BCUT2D eigenvalue weighted by Gasteiger charge is 2.21. The van der Waals surface area contributed by atoms with Crippen LogP contribution in [0.15, 0.2) is 0 Å². The highest BCUT2D eigenvalue weighted by atomic mass is 31.2. The van der Waals surface area contributed by atoms with Crippen LogP contribution in [0.25, 0.3) is 0 Å². The third-order valence-corrected chi connectivity index (χ3v) is 2.95. The molecule has 0 aromatic carbocycles. The van der Waals surface area contributed by atoms with Gasteiger partial charge >= 0.3 is 7.60 Å². The minimum Gasteiger partial charge on any atom is -0.308 e. The Morgan fingerprint density at radius 1 is 1.25 bits per heavy atom. The summed E-state index contributed by atoms with van der Waals surface area (Å²) in [5.41, 5.74) is 0. The van der Waals surface area contributed by atoms with E-state index < -0.39 is 7.60 Å². The average molecular weight is 190 g/mol. The Balaban J connectivity index is 4.14. The van der Waals surface area contributed by atoms with Gasteiger partial charge in [-0.2, -0.15) is 0 Å². The first-order valence-corrected chi connectivity index (χ1v) is 5.69. The quantitative estimate of drug-likeness (QED) is 0.492. The highest BCUT2D eigenvalue weighted by Crippen LogP contribution is 2.47. The highest BCUT2D eigenvalue weighted by molar-refractivity contribution is 7.54. The van der Waals surface area contributed by atoms with Crippen molar-refractivity contribution in [3.05, 3.63) is 0 Å². The molecule has 0 saturated carbocycles. The van der Waals surface area contributed by atoms with E-state index in [1.165, 1.54) is 0 Å². The molecular formula is C8H15O3P. The van der Waals surface area contributed by atoms with Crippen molar-refractivity contribution in [2.75, 3.05) is 19.4 Å². The molecule has 0 saturated heterocycles. The normalized spacial score (nSPS) is 10.6. The lowest BCUT2D eigenvalue weighted by atomic mass is 10.7. The molecule has 0 aliphatic carbocycles. The summed E-state index contributed by atoms with van der Waals surface area (Å²) in [6.07, 6.45) is 0.186. The van der Waals surface area contributed by atoms with E-state index in [1.807, 2.05) is 0 Å². The Morgan fingerprint density at radius 3 is 2.08 bits per heavy atom. The zero-order valence-electron chi connectivity index (χ0n) is 7.79. The first-order chi connectivity index (χ1) is 5.68. The summed E-state index contributed by atoms with van der Waals surface area (Å²) in [5.74, 6) is 5.35. The van der Waals surface area contributed by atoms with Gasteiger partial charge in [-0.25, -0.2) is 0 Å². The lowest BCUT2D eigenvalue weighted by Crippen LogP contribution is -1.98. The van der Waals surface area contributed by atoms with Gasteiger partial charge in [-0.15, -0.1) is 5.92 Å². The zero-order valence-corrected chi connectivity index (χ0v) is 8.69. The van der Waals surface area contributed by atoms with Crippen LogP contribution >= 0.6 is 7.60 Å². The summed E-state index contributed by atoms with van der Waals surface area (Å²) in [6, 6.07) is 0. The second kappa shape index (κ2) is 6.25. The van der Waals surface area contributed by atoms with Crippen molar-refractivity contribution in [1.29, 1.82) is 0 Å². The van der Waals surface area contributed by atoms with Gasteiger partial charge in [0.2, 0.25) is 0 Å². The maximum absolute atomic E-state index is 11.6. The van der Waals surface area contributed by atoms with E-state index in [9.17, 15) is 4.57 Å². The van der Waals surface area contributed by atoms with E-state index in [1.54, 1.807) is 20.8 Å². The first kappa shape index (κ1) is 11.7. The molecule has 0 N–H and O–H groups in total. The van der Waals surface area contributed by atoms with Crippen molar-refractivity contribution in [3.63, 3.8) is 0 Å². The standard InChI is InChI=1S/C8H15O3P/c1-4-7-8-12(9,10-5-2)11-6-3/h5-6,8H2,1-3H3. The molecule has 0 amide bonds. The molecule has 3 nitrogen and oxygen atoms in total. The number of rotatable bonds is 5. The molecule has 4 heteroatoms. The van der Waals surface area contributed by atoms with E-state index in [4.69, 9.17) is 9.05 Å². The van der Waals surface area contributed by atoms with Gasteiger partial charge in [0.25, 0.3) is 0 Å². The average Bonchev–Trinajstić information content (AvgIpc) is 2.02. The third kappa shape index (κ3) is 4.56. The Morgan fingerprint density at radius 2 is 1.75 bits per heavy atom. The number of hydrogen-bond acceptors (Lipinski definition) is 3. The van der Waals surface area contributed by atoms with E-state index >= 15 is 0 Å². The Kier molecular flexibility index (Phi) is 6.10. The monoisotopic (exact) mass is 190 g/mol.